The van der Waals surface area contributed by atoms with Gasteiger partial charge in [0.15, 0.2) is 0 Å². The van der Waals surface area contributed by atoms with Gasteiger partial charge in [0.05, 0.1) is 12.0 Å². The molecule has 0 aliphatic carbocycles. The first kappa shape index (κ1) is 8.17. The van der Waals surface area contributed by atoms with Crippen LogP contribution in [0.2, 0.25) is 0 Å². The van der Waals surface area contributed by atoms with Gasteiger partial charge in [0.1, 0.15) is 0 Å². The highest BCUT2D eigenvalue weighted by atomic mass is 16.4. The Morgan fingerprint density at radius 2 is 2.22 bits per heavy atom. The highest BCUT2D eigenvalue weighted by Gasteiger charge is 2.17. The molecular weight excluding hydrogens is 120 g/mol. The van der Waals surface area contributed by atoms with Gasteiger partial charge in [0, 0.05) is 0 Å². The van der Waals surface area contributed by atoms with Crippen LogP contribution in [-0.2, 0) is 4.79 Å². The first-order valence-electron chi connectivity index (χ1n) is 2.63. The third kappa shape index (κ3) is 2.28. The lowest BCUT2D eigenvalue weighted by molar-refractivity contribution is -0.143. The van der Waals surface area contributed by atoms with Gasteiger partial charge in [0.25, 0.3) is 0 Å². The molecule has 0 aliphatic heterocycles. The topological polar surface area (TPSA) is 57.5 Å². The van der Waals surface area contributed by atoms with E-state index in [1.807, 2.05) is 0 Å². The third-order valence-electron chi connectivity index (χ3n) is 1.14. The van der Waals surface area contributed by atoms with Crippen molar-refractivity contribution in [2.24, 2.45) is 5.92 Å². The predicted molar refractivity (Wildman–Crippen MR) is 33.0 cm³/mol. The summed E-state index contributed by atoms with van der Waals surface area (Å²) in [6.07, 6.45) is 0.265. The van der Waals surface area contributed by atoms with Crippen LogP contribution in [0.15, 0.2) is 12.7 Å². The van der Waals surface area contributed by atoms with Crippen molar-refractivity contribution in [2.75, 3.05) is 0 Å². The lowest BCUT2D eigenvalue weighted by atomic mass is 10.1. The fourth-order valence-corrected chi connectivity index (χ4v) is 0.350. The predicted octanol–water partition coefficient (Wildman–Crippen LogP) is 0.254. The first-order chi connectivity index (χ1) is 4.09. The first-order valence-corrected chi connectivity index (χ1v) is 2.63. The zero-order valence-corrected chi connectivity index (χ0v) is 5.24. The molecule has 3 nitrogen and oxygen atoms in total. The molecule has 0 bridgehead atoms. The normalized spacial score (nSPS) is 16.2. The van der Waals surface area contributed by atoms with Crippen molar-refractivity contribution in [1.29, 1.82) is 0 Å². The summed E-state index contributed by atoms with van der Waals surface area (Å²) in [5, 5.41) is 17.1. The van der Waals surface area contributed by atoms with Gasteiger partial charge in [-0.05, 0) is 6.92 Å². The van der Waals surface area contributed by atoms with E-state index in [4.69, 9.17) is 10.2 Å². The summed E-state index contributed by atoms with van der Waals surface area (Å²) in [4.78, 5) is 10.1. The quantitative estimate of drug-likeness (QED) is 0.538. The number of carboxylic acids is 1. The summed E-state index contributed by atoms with van der Waals surface area (Å²) in [6, 6.07) is 0. The summed E-state index contributed by atoms with van der Waals surface area (Å²) < 4.78 is 0. The number of rotatable bonds is 3. The Morgan fingerprint density at radius 3 is 2.33 bits per heavy atom. The number of aliphatic carboxylic acids is 1. The molecule has 0 saturated carbocycles. The second-order valence-electron chi connectivity index (χ2n) is 1.85. The van der Waals surface area contributed by atoms with Gasteiger partial charge in [-0.1, -0.05) is 6.08 Å². The largest absolute Gasteiger partial charge is 0.481 e. The van der Waals surface area contributed by atoms with E-state index in [1.54, 1.807) is 0 Å². The van der Waals surface area contributed by atoms with Gasteiger partial charge in [-0.2, -0.15) is 0 Å². The average molecular weight is 130 g/mol. The van der Waals surface area contributed by atoms with E-state index in [2.05, 4.69) is 6.58 Å². The molecule has 0 aromatic carbocycles. The number of aliphatic hydroxyl groups is 1. The molecule has 0 saturated heterocycles. The molecule has 0 aromatic heterocycles. The Morgan fingerprint density at radius 1 is 1.78 bits per heavy atom. The fraction of sp³-hybridized carbons (Fsp3) is 0.500. The summed E-state index contributed by atoms with van der Waals surface area (Å²) in [6.45, 7) is 4.68. The average Bonchev–Trinajstić information content (AvgIpc) is 1.84. The van der Waals surface area contributed by atoms with Crippen LogP contribution in [0.5, 0.6) is 0 Å². The minimum atomic E-state index is -1.01. The second kappa shape index (κ2) is 3.25. The maximum absolute atomic E-state index is 10.1. The van der Waals surface area contributed by atoms with Crippen LogP contribution in [0.3, 0.4) is 0 Å². The van der Waals surface area contributed by atoms with Gasteiger partial charge >= 0.3 is 5.97 Å². The maximum Gasteiger partial charge on any atom is 0.309 e. The highest BCUT2D eigenvalue weighted by Crippen LogP contribution is 2.02. The van der Waals surface area contributed by atoms with E-state index in [0.29, 0.717) is 0 Å². The third-order valence-corrected chi connectivity index (χ3v) is 1.14. The fourth-order valence-electron chi connectivity index (χ4n) is 0.350. The van der Waals surface area contributed by atoms with E-state index in [9.17, 15) is 4.79 Å². The minimum Gasteiger partial charge on any atom is -0.481 e. The van der Waals surface area contributed by atoms with E-state index in [-0.39, 0.29) is 0 Å². The monoisotopic (exact) mass is 130 g/mol. The second-order valence-corrected chi connectivity index (χ2v) is 1.85. The standard InChI is InChI=1S/C6H10O3/c1-3-5(7)4(2)6(8)9/h3-5,7H,1H2,2H3,(H,8,9)/t4-,5-/m1/s1. The number of aliphatic hydroxyl groups excluding tert-OH is 1. The smallest absolute Gasteiger partial charge is 0.309 e. The van der Waals surface area contributed by atoms with Crippen LogP contribution in [-0.4, -0.2) is 22.3 Å². The van der Waals surface area contributed by atoms with Crippen molar-refractivity contribution in [3.63, 3.8) is 0 Å². The Balaban J connectivity index is 3.86. The Bertz CT molecular complexity index is 119. The molecule has 52 valence electrons. The Hall–Kier alpha value is -0.830. The van der Waals surface area contributed by atoms with Gasteiger partial charge in [-0.15, -0.1) is 6.58 Å². The maximum atomic E-state index is 10.1. The van der Waals surface area contributed by atoms with Crippen molar-refractivity contribution >= 4 is 5.97 Å². The summed E-state index contributed by atoms with van der Waals surface area (Å²) >= 11 is 0. The van der Waals surface area contributed by atoms with Crippen LogP contribution in [0.1, 0.15) is 6.92 Å². The molecule has 2 N–H and O–H groups in total. The summed E-state index contributed by atoms with van der Waals surface area (Å²) in [7, 11) is 0. The van der Waals surface area contributed by atoms with Crippen molar-refractivity contribution in [2.45, 2.75) is 13.0 Å². The van der Waals surface area contributed by atoms with E-state index in [0.717, 1.165) is 0 Å². The number of hydrogen-bond donors (Lipinski definition) is 2. The molecule has 3 heteroatoms. The van der Waals surface area contributed by atoms with E-state index in [1.165, 1.54) is 13.0 Å². The van der Waals surface area contributed by atoms with Crippen molar-refractivity contribution < 1.29 is 15.0 Å². The number of carbonyl (C=O) groups is 1. The Labute approximate surface area is 53.6 Å². The van der Waals surface area contributed by atoms with Crippen LogP contribution in [0, 0.1) is 5.92 Å². The zero-order valence-electron chi connectivity index (χ0n) is 5.24. The van der Waals surface area contributed by atoms with Crippen LogP contribution in [0.25, 0.3) is 0 Å². The molecule has 0 heterocycles. The molecule has 0 fully saturated rings. The molecule has 0 aromatic rings. The highest BCUT2D eigenvalue weighted by molar-refractivity contribution is 5.70. The molecule has 0 unspecified atom stereocenters. The van der Waals surface area contributed by atoms with Gasteiger partial charge < -0.3 is 10.2 Å². The van der Waals surface area contributed by atoms with Gasteiger partial charge in [-0.3, -0.25) is 4.79 Å². The zero-order chi connectivity index (χ0) is 7.44. The van der Waals surface area contributed by atoms with Gasteiger partial charge in [-0.25, -0.2) is 0 Å². The van der Waals surface area contributed by atoms with Gasteiger partial charge in [0.2, 0.25) is 0 Å². The molecule has 0 aliphatic rings. The van der Waals surface area contributed by atoms with Crippen molar-refractivity contribution in [3.8, 4) is 0 Å². The lowest BCUT2D eigenvalue weighted by Gasteiger charge is -2.08. The van der Waals surface area contributed by atoms with Crippen LogP contribution >= 0.6 is 0 Å². The van der Waals surface area contributed by atoms with Crippen LogP contribution < -0.4 is 0 Å². The Kier molecular flexibility index (Phi) is 2.95. The molecule has 9 heavy (non-hydrogen) atoms. The van der Waals surface area contributed by atoms with Crippen molar-refractivity contribution in [1.82, 2.24) is 0 Å². The van der Waals surface area contributed by atoms with Crippen molar-refractivity contribution in [3.05, 3.63) is 12.7 Å². The SMILES string of the molecule is C=C[C@@H](O)[C@@H](C)C(=O)O. The minimum absolute atomic E-state index is 0.762. The van der Waals surface area contributed by atoms with Crippen LogP contribution in [0.4, 0.5) is 0 Å². The number of hydrogen-bond acceptors (Lipinski definition) is 2. The summed E-state index contributed by atoms with van der Waals surface area (Å²) in [5.74, 6) is -1.77. The van der Waals surface area contributed by atoms with E-state index < -0.39 is 18.0 Å². The number of carboxylic acid groups (broad SMARTS) is 1. The van der Waals surface area contributed by atoms with E-state index >= 15 is 0 Å². The molecule has 0 rings (SSSR count). The summed E-state index contributed by atoms with van der Waals surface area (Å²) in [5.41, 5.74) is 0. The molecular formula is C6H10O3. The molecule has 0 spiro atoms. The lowest BCUT2D eigenvalue weighted by Crippen LogP contribution is -2.22. The molecule has 0 amide bonds. The molecule has 0 radical (unpaired) electrons. The molecule has 2 atom stereocenters.